The van der Waals surface area contributed by atoms with Gasteiger partial charge in [-0.25, -0.2) is 14.4 Å². The molecule has 6 fully saturated rings. The molecule has 0 spiro atoms. The fourth-order valence-corrected chi connectivity index (χ4v) is 16.9. The van der Waals surface area contributed by atoms with E-state index in [0.29, 0.717) is 38.5 Å². The highest BCUT2D eigenvalue weighted by atomic mass is 16.8. The number of ketones is 1. The average Bonchev–Trinajstić information content (AvgIpc) is 0.674. The quantitative estimate of drug-likeness (QED) is 0.0413. The molecule has 3 amide bonds. The first kappa shape index (κ1) is 78.6. The van der Waals surface area contributed by atoms with E-state index in [1.54, 1.807) is 41.5 Å². The van der Waals surface area contributed by atoms with Crippen molar-refractivity contribution in [3.63, 3.8) is 0 Å². The molecule has 28 heteroatoms. The van der Waals surface area contributed by atoms with E-state index in [1.165, 1.54) is 20.8 Å². The van der Waals surface area contributed by atoms with Crippen molar-refractivity contribution in [3.8, 4) is 0 Å². The maximum absolute atomic E-state index is 15.6. The van der Waals surface area contributed by atoms with E-state index >= 15 is 4.79 Å². The molecule has 2 heterocycles. The normalized spacial score (nSPS) is 37.3. The molecule has 11 N–H and O–H groups in total. The van der Waals surface area contributed by atoms with Crippen molar-refractivity contribution in [2.75, 3.05) is 0 Å². The standard InChI is InChI=1S/C69H107N3O25/c1-61(2,3)95-55(87)35(17-20-41(74)75)70-53(85)49-45(81)44(80)48(84)58(92-49)94-51-47(83)46(82)50(54(86)71-36(18-21-42(76)77)56(88)96-62(4,5)6)93-59(51)91-40-24-25-67(14)39(64(40,10)11)23-26-69(16)52(67)38(73)31-33-34-32-66(13,28-27-65(34,12)29-30-68(33,69)15)60(90)72-37(19-22-43(78)79)57(89)97-63(7,8)9/h31,34-37,39-40,44-52,58-59,80-84H,17-30,32H2,1-16H3,(H,70,85)(H,71,86)(H,72,90)(H,74,75)(H,76,77)(H,78,79)/t34?,35-,36-,37-,39?,40?,44?,45?,46?,47?,48?,49?,50?,51?,52?,58?,59?,65-,66+,67+,68-,69-/m1/s1. The van der Waals surface area contributed by atoms with E-state index in [4.69, 9.17) is 33.2 Å². The molecule has 14 unspecified atom stereocenters. The SMILES string of the molecule is CC(C)(C)OC(=O)[C@@H](CCC(=O)O)NC(=O)C1OC(OC2C(OC3CC[C@@]4(C)C(CC[C@]5(C)C4C(=O)C=C4C6C[C@@](C)(C(=O)N[C@H](CCC(=O)O)C(=O)OC(C)(C)C)CC[C@]6(C)CC[C@]45C)C3(C)C)OC(C(=O)N[C@H](CCC(=O)O)C(=O)OC(C)(C)C)C(O)C2O)C(O)C(O)C1O. The molecule has 0 aromatic heterocycles. The number of carboxylic acids is 3. The maximum atomic E-state index is 15.6. The molecule has 548 valence electrons. The number of aliphatic hydroxyl groups is 5. The third kappa shape index (κ3) is 16.9. The highest BCUT2D eigenvalue weighted by molar-refractivity contribution is 5.96. The molecule has 5 aliphatic carbocycles. The summed E-state index contributed by atoms with van der Waals surface area (Å²) in [4.78, 5) is 134. The lowest BCUT2D eigenvalue weighted by atomic mass is 9.33. The van der Waals surface area contributed by atoms with Crippen LogP contribution in [0.5, 0.6) is 0 Å². The van der Waals surface area contributed by atoms with E-state index in [9.17, 15) is 84.0 Å². The molecule has 2 saturated heterocycles. The third-order valence-electron chi connectivity index (χ3n) is 22.2. The molecule has 0 radical (unpaired) electrons. The van der Waals surface area contributed by atoms with Crippen molar-refractivity contribution in [1.82, 2.24) is 16.0 Å². The van der Waals surface area contributed by atoms with Gasteiger partial charge < -0.3 is 90.0 Å². The summed E-state index contributed by atoms with van der Waals surface area (Å²) < 4.78 is 41.8. The van der Waals surface area contributed by atoms with Crippen LogP contribution < -0.4 is 16.0 Å². The van der Waals surface area contributed by atoms with Crippen LogP contribution in [0.1, 0.15) is 207 Å². The van der Waals surface area contributed by atoms with Gasteiger partial charge in [-0.2, -0.15) is 0 Å². The Morgan fingerprint density at radius 3 is 1.45 bits per heavy atom. The highest BCUT2D eigenvalue weighted by Gasteiger charge is 2.71. The zero-order valence-electron chi connectivity index (χ0n) is 59.0. The summed E-state index contributed by atoms with van der Waals surface area (Å²) >= 11 is 0. The molecule has 4 saturated carbocycles. The molecule has 2 aliphatic heterocycles. The Morgan fingerprint density at radius 2 is 0.990 bits per heavy atom. The summed E-state index contributed by atoms with van der Waals surface area (Å²) in [5.41, 5.74) is -6.25. The van der Waals surface area contributed by atoms with Crippen LogP contribution in [0.2, 0.25) is 0 Å². The number of carbonyl (C=O) groups is 10. The summed E-state index contributed by atoms with van der Waals surface area (Å²) in [7, 11) is 0. The Balaban J connectivity index is 1.20. The van der Waals surface area contributed by atoms with Gasteiger partial charge in [0.15, 0.2) is 30.6 Å². The first-order valence-electron chi connectivity index (χ1n) is 34.0. The molecular formula is C69H107N3O25. The lowest BCUT2D eigenvalue weighted by Gasteiger charge is -2.70. The number of hydrogen-bond acceptors (Lipinski definition) is 22. The molecule has 0 bridgehead atoms. The second-order valence-electron chi connectivity index (χ2n) is 33.2. The molecule has 7 aliphatic rings. The van der Waals surface area contributed by atoms with Crippen molar-refractivity contribution in [1.29, 1.82) is 0 Å². The zero-order valence-corrected chi connectivity index (χ0v) is 59.0. The Hall–Kier alpha value is -5.72. The van der Waals surface area contributed by atoms with Gasteiger partial charge in [-0.05, 0) is 184 Å². The first-order valence-corrected chi connectivity index (χ1v) is 34.0. The number of allylic oxidation sites excluding steroid dienone is 2. The number of ether oxygens (including phenoxy) is 7. The van der Waals surface area contributed by atoms with Crippen LogP contribution in [-0.4, -0.2) is 203 Å². The zero-order chi connectivity index (χ0) is 73.1. The van der Waals surface area contributed by atoms with Crippen LogP contribution in [0.15, 0.2) is 11.6 Å². The predicted octanol–water partition coefficient (Wildman–Crippen LogP) is 4.07. The predicted molar refractivity (Wildman–Crippen MR) is 340 cm³/mol. The summed E-state index contributed by atoms with van der Waals surface area (Å²) in [5, 5.41) is 94.3. The van der Waals surface area contributed by atoms with E-state index in [0.717, 1.165) is 18.4 Å². The number of aliphatic carboxylic acids is 3. The van der Waals surface area contributed by atoms with Gasteiger partial charge >= 0.3 is 35.8 Å². The second-order valence-corrected chi connectivity index (χ2v) is 33.2. The van der Waals surface area contributed by atoms with Crippen molar-refractivity contribution in [2.45, 2.75) is 310 Å². The average molecular weight is 1380 g/mol. The summed E-state index contributed by atoms with van der Waals surface area (Å²) in [5.74, 6) is -10.6. The fourth-order valence-electron chi connectivity index (χ4n) is 16.9. The lowest BCUT2D eigenvalue weighted by Crippen LogP contribution is -2.69. The van der Waals surface area contributed by atoms with Gasteiger partial charge in [0.25, 0.3) is 11.8 Å². The van der Waals surface area contributed by atoms with Crippen LogP contribution in [0.3, 0.4) is 0 Å². The van der Waals surface area contributed by atoms with Gasteiger partial charge in [0.05, 0.1) is 6.10 Å². The first-order chi connectivity index (χ1) is 44.4. The van der Waals surface area contributed by atoms with Gasteiger partial charge in [0.2, 0.25) is 5.91 Å². The van der Waals surface area contributed by atoms with Crippen molar-refractivity contribution in [3.05, 3.63) is 11.6 Å². The van der Waals surface area contributed by atoms with Crippen molar-refractivity contribution >= 4 is 59.3 Å². The minimum Gasteiger partial charge on any atom is -0.481 e. The fraction of sp³-hybridized carbons (Fsp3) is 0.826. The number of carboxylic acid groups (broad SMARTS) is 3. The molecule has 0 aromatic rings. The summed E-state index contributed by atoms with van der Waals surface area (Å²) in [6, 6.07) is -4.47. The molecule has 7 rings (SSSR count). The van der Waals surface area contributed by atoms with Gasteiger partial charge in [0.1, 0.15) is 71.6 Å². The Labute approximate surface area is 566 Å². The molecule has 0 aromatic carbocycles. The monoisotopic (exact) mass is 1380 g/mol. The number of nitrogens with one attached hydrogen (secondary N) is 3. The number of fused-ring (bicyclic) bond motifs is 7. The number of esters is 3. The molecule has 28 nitrogen and oxygen atoms in total. The van der Waals surface area contributed by atoms with Crippen LogP contribution in [0, 0.1) is 50.2 Å². The number of aliphatic hydroxyl groups excluding tert-OH is 5. The summed E-state index contributed by atoms with van der Waals surface area (Å²) in [6.07, 6.45) is -18.8. The summed E-state index contributed by atoms with van der Waals surface area (Å²) in [6.45, 7) is 28.8. The number of hydrogen-bond donors (Lipinski definition) is 11. The maximum Gasteiger partial charge on any atom is 0.329 e. The lowest BCUT2D eigenvalue weighted by molar-refractivity contribution is -0.369. The smallest absolute Gasteiger partial charge is 0.329 e. The second kappa shape index (κ2) is 28.7. The minimum atomic E-state index is -2.28. The Bertz CT molecular complexity index is 3040. The van der Waals surface area contributed by atoms with Gasteiger partial charge in [0, 0.05) is 30.6 Å². The van der Waals surface area contributed by atoms with Crippen LogP contribution >= 0.6 is 0 Å². The van der Waals surface area contributed by atoms with Gasteiger partial charge in [-0.15, -0.1) is 0 Å². The molecule has 22 atom stereocenters. The van der Waals surface area contributed by atoms with Gasteiger partial charge in [-0.3, -0.25) is 33.6 Å². The third-order valence-corrected chi connectivity index (χ3v) is 22.2. The van der Waals surface area contributed by atoms with Crippen molar-refractivity contribution in [2.24, 2.45) is 50.2 Å². The number of carbonyl (C=O) groups excluding carboxylic acids is 7. The minimum absolute atomic E-state index is 0.0639. The van der Waals surface area contributed by atoms with E-state index in [1.807, 2.05) is 26.8 Å². The topological polar surface area (TPSA) is 433 Å². The van der Waals surface area contributed by atoms with Crippen LogP contribution in [0.25, 0.3) is 0 Å². The van der Waals surface area contributed by atoms with Crippen molar-refractivity contribution < 1.29 is 122 Å². The van der Waals surface area contributed by atoms with E-state index in [-0.39, 0.29) is 42.3 Å². The van der Waals surface area contributed by atoms with Crippen LogP contribution in [0.4, 0.5) is 0 Å². The van der Waals surface area contributed by atoms with E-state index in [2.05, 4.69) is 43.6 Å². The van der Waals surface area contributed by atoms with Gasteiger partial charge in [-0.1, -0.05) is 54.0 Å². The van der Waals surface area contributed by atoms with E-state index < -0.39 is 215 Å². The van der Waals surface area contributed by atoms with Crippen LogP contribution in [-0.2, 0) is 81.1 Å². The largest absolute Gasteiger partial charge is 0.481 e. The number of rotatable bonds is 22. The molecule has 97 heavy (non-hydrogen) atoms. The molecular weight excluding hydrogens is 1270 g/mol. The Morgan fingerprint density at radius 1 is 0.546 bits per heavy atom. The number of amides is 3. The Kier molecular flexibility index (Phi) is 23.3. The highest BCUT2D eigenvalue weighted by Crippen LogP contribution is 2.75.